The van der Waals surface area contributed by atoms with E-state index in [1.54, 1.807) is 24.3 Å². The molecule has 0 aliphatic rings. The normalized spacial score (nSPS) is 10.9. The molecule has 3 aromatic rings. The van der Waals surface area contributed by atoms with Crippen molar-refractivity contribution in [2.24, 2.45) is 0 Å². The number of methoxy groups -OCH3 is 1. The van der Waals surface area contributed by atoms with Crippen molar-refractivity contribution < 1.29 is 32.2 Å². The van der Waals surface area contributed by atoms with E-state index in [2.05, 4.69) is 9.46 Å². The Bertz CT molecular complexity index is 1210. The lowest BCUT2D eigenvalue weighted by Gasteiger charge is -2.13. The van der Waals surface area contributed by atoms with Crippen LogP contribution in [0.3, 0.4) is 0 Å². The minimum Gasteiger partial charge on any atom is -0.488 e. The summed E-state index contributed by atoms with van der Waals surface area (Å²) in [6.45, 7) is -0.347. The van der Waals surface area contributed by atoms with E-state index in [9.17, 15) is 18.0 Å². The van der Waals surface area contributed by atoms with Gasteiger partial charge < -0.3 is 14.2 Å². The summed E-state index contributed by atoms with van der Waals surface area (Å²) in [5.74, 6) is -1.03. The van der Waals surface area contributed by atoms with Crippen molar-refractivity contribution in [3.63, 3.8) is 0 Å². The fourth-order valence-corrected chi connectivity index (χ4v) is 4.08. The molecule has 0 amide bonds. The standard InChI is InChI=1S/C24H23NO7S/c1-30-24(27)20-12-6-8-14-22(20)33(28,29)25-15-23(26)32-17-19-11-5-7-13-21(19)31-16-18-9-3-2-4-10-18/h2-14,25H,15-17H2,1H3. The monoisotopic (exact) mass is 469 g/mol. The van der Waals surface area contributed by atoms with E-state index in [0.29, 0.717) is 17.9 Å². The lowest BCUT2D eigenvalue weighted by Crippen LogP contribution is -2.31. The molecule has 0 atom stereocenters. The van der Waals surface area contributed by atoms with Gasteiger partial charge in [-0.05, 0) is 23.8 Å². The van der Waals surface area contributed by atoms with E-state index >= 15 is 0 Å². The molecule has 3 aromatic carbocycles. The van der Waals surface area contributed by atoms with Gasteiger partial charge in [-0.2, -0.15) is 4.72 Å². The second kappa shape index (κ2) is 11.3. The number of hydrogen-bond acceptors (Lipinski definition) is 7. The van der Waals surface area contributed by atoms with Crippen molar-refractivity contribution in [2.45, 2.75) is 18.1 Å². The predicted octanol–water partition coefficient (Wildman–Crippen LogP) is 3.07. The molecular weight excluding hydrogens is 446 g/mol. The number of rotatable bonds is 10. The van der Waals surface area contributed by atoms with Gasteiger partial charge in [-0.25, -0.2) is 13.2 Å². The molecule has 0 aromatic heterocycles. The van der Waals surface area contributed by atoms with E-state index in [4.69, 9.17) is 9.47 Å². The second-order valence-corrected chi connectivity index (χ2v) is 8.59. The Kier molecular flexibility index (Phi) is 8.17. The smallest absolute Gasteiger partial charge is 0.339 e. The molecule has 9 heteroatoms. The fourth-order valence-electron chi connectivity index (χ4n) is 2.92. The van der Waals surface area contributed by atoms with Gasteiger partial charge >= 0.3 is 11.9 Å². The highest BCUT2D eigenvalue weighted by molar-refractivity contribution is 7.89. The number of benzene rings is 3. The van der Waals surface area contributed by atoms with Gasteiger partial charge in [-0.15, -0.1) is 0 Å². The third kappa shape index (κ3) is 6.64. The highest BCUT2D eigenvalue weighted by Gasteiger charge is 2.23. The van der Waals surface area contributed by atoms with Gasteiger partial charge in [0.2, 0.25) is 10.0 Å². The maximum Gasteiger partial charge on any atom is 0.339 e. The van der Waals surface area contributed by atoms with E-state index in [1.165, 1.54) is 24.3 Å². The lowest BCUT2D eigenvalue weighted by molar-refractivity contribution is -0.143. The zero-order valence-corrected chi connectivity index (χ0v) is 18.7. The summed E-state index contributed by atoms with van der Waals surface area (Å²) < 4.78 is 43.0. The van der Waals surface area contributed by atoms with Crippen LogP contribution >= 0.6 is 0 Å². The topological polar surface area (TPSA) is 108 Å². The third-order valence-electron chi connectivity index (χ3n) is 4.59. The van der Waals surface area contributed by atoms with E-state index in [0.717, 1.165) is 12.7 Å². The van der Waals surface area contributed by atoms with E-state index in [-0.39, 0.29) is 17.1 Å². The van der Waals surface area contributed by atoms with Gasteiger partial charge in [0.05, 0.1) is 17.6 Å². The van der Waals surface area contributed by atoms with Gasteiger partial charge in [-0.1, -0.05) is 60.7 Å². The molecule has 33 heavy (non-hydrogen) atoms. The molecule has 0 radical (unpaired) electrons. The highest BCUT2D eigenvalue weighted by atomic mass is 32.2. The first-order valence-electron chi connectivity index (χ1n) is 9.98. The van der Waals surface area contributed by atoms with Crippen LogP contribution in [0.5, 0.6) is 5.75 Å². The van der Waals surface area contributed by atoms with Gasteiger partial charge in [0.25, 0.3) is 0 Å². The summed E-state index contributed by atoms with van der Waals surface area (Å²) in [5.41, 5.74) is 1.50. The zero-order valence-electron chi connectivity index (χ0n) is 17.9. The van der Waals surface area contributed by atoms with Crippen molar-refractivity contribution in [3.05, 3.63) is 95.6 Å². The molecule has 0 saturated carbocycles. The molecule has 172 valence electrons. The Morgan fingerprint density at radius 2 is 1.52 bits per heavy atom. The maximum atomic E-state index is 12.6. The Labute approximate surface area is 192 Å². The maximum absolute atomic E-state index is 12.6. The number of nitrogens with one attached hydrogen (secondary N) is 1. The van der Waals surface area contributed by atoms with Crippen LogP contribution in [0, 0.1) is 0 Å². The van der Waals surface area contributed by atoms with Crippen LogP contribution in [-0.2, 0) is 37.5 Å². The van der Waals surface area contributed by atoms with Crippen LogP contribution in [0.25, 0.3) is 0 Å². The molecule has 0 heterocycles. The number of ether oxygens (including phenoxy) is 3. The summed E-state index contributed by atoms with van der Waals surface area (Å²) in [5, 5.41) is 0. The molecule has 0 aliphatic carbocycles. The number of esters is 2. The van der Waals surface area contributed by atoms with Crippen LogP contribution in [0.1, 0.15) is 21.5 Å². The number of carbonyl (C=O) groups is 2. The Hall–Kier alpha value is -3.69. The van der Waals surface area contributed by atoms with Crippen molar-refractivity contribution in [1.29, 1.82) is 0 Å². The first-order valence-corrected chi connectivity index (χ1v) is 11.5. The third-order valence-corrected chi connectivity index (χ3v) is 6.05. The van der Waals surface area contributed by atoms with Crippen LogP contribution in [0.2, 0.25) is 0 Å². The molecule has 8 nitrogen and oxygen atoms in total. The Balaban J connectivity index is 1.58. The average molecular weight is 470 g/mol. The molecule has 1 N–H and O–H groups in total. The second-order valence-electron chi connectivity index (χ2n) is 6.85. The van der Waals surface area contributed by atoms with Gasteiger partial charge in [-0.3, -0.25) is 4.79 Å². The molecule has 0 fully saturated rings. The molecule has 3 rings (SSSR count). The minimum atomic E-state index is -4.15. The van der Waals surface area contributed by atoms with Crippen molar-refractivity contribution in [2.75, 3.05) is 13.7 Å². The lowest BCUT2D eigenvalue weighted by atomic mass is 10.2. The van der Waals surface area contributed by atoms with Gasteiger partial charge in [0, 0.05) is 5.56 Å². The summed E-state index contributed by atoms with van der Waals surface area (Å²) >= 11 is 0. The van der Waals surface area contributed by atoms with Crippen LogP contribution in [0.4, 0.5) is 0 Å². The molecule has 0 unspecified atom stereocenters. The molecular formula is C24H23NO7S. The quantitative estimate of drug-likeness (QED) is 0.455. The van der Waals surface area contributed by atoms with E-state index < -0.39 is 28.5 Å². The predicted molar refractivity (Wildman–Crippen MR) is 120 cm³/mol. The zero-order chi connectivity index (χ0) is 23.7. The molecule has 0 saturated heterocycles. The van der Waals surface area contributed by atoms with Gasteiger partial charge in [0.15, 0.2) is 0 Å². The Morgan fingerprint density at radius 3 is 2.27 bits per heavy atom. The van der Waals surface area contributed by atoms with Crippen molar-refractivity contribution in [1.82, 2.24) is 4.72 Å². The SMILES string of the molecule is COC(=O)c1ccccc1S(=O)(=O)NCC(=O)OCc1ccccc1OCc1ccccc1. The van der Waals surface area contributed by atoms with Crippen LogP contribution < -0.4 is 9.46 Å². The molecule has 0 bridgehead atoms. The first-order chi connectivity index (χ1) is 15.9. The average Bonchev–Trinajstić information content (AvgIpc) is 2.85. The summed E-state index contributed by atoms with van der Waals surface area (Å²) in [6, 6.07) is 22.3. The van der Waals surface area contributed by atoms with E-state index in [1.807, 2.05) is 30.3 Å². The number of sulfonamides is 1. The number of para-hydroxylation sites is 1. The highest BCUT2D eigenvalue weighted by Crippen LogP contribution is 2.20. The number of hydrogen-bond donors (Lipinski definition) is 1. The summed E-state index contributed by atoms with van der Waals surface area (Å²) in [6.07, 6.45) is 0. The largest absolute Gasteiger partial charge is 0.488 e. The fraction of sp³-hybridized carbons (Fsp3) is 0.167. The van der Waals surface area contributed by atoms with Crippen LogP contribution in [-0.4, -0.2) is 34.0 Å². The van der Waals surface area contributed by atoms with Crippen LogP contribution in [0.15, 0.2) is 83.8 Å². The summed E-state index contributed by atoms with van der Waals surface area (Å²) in [7, 11) is -3.00. The number of carbonyl (C=O) groups excluding carboxylic acids is 2. The van der Waals surface area contributed by atoms with Crippen molar-refractivity contribution in [3.8, 4) is 5.75 Å². The Morgan fingerprint density at radius 1 is 0.848 bits per heavy atom. The molecule has 0 aliphatic heterocycles. The first kappa shape index (κ1) is 24.0. The van der Waals surface area contributed by atoms with Gasteiger partial charge in [0.1, 0.15) is 25.5 Å². The molecule has 0 spiro atoms. The van der Waals surface area contributed by atoms with Crippen molar-refractivity contribution >= 4 is 22.0 Å². The minimum absolute atomic E-state index is 0.0930. The summed E-state index contributed by atoms with van der Waals surface area (Å²) in [4.78, 5) is 23.7.